The third kappa shape index (κ3) is 4.38. The van der Waals surface area contributed by atoms with Crippen molar-refractivity contribution in [3.05, 3.63) is 0 Å². The molecule has 0 radical (unpaired) electrons. The zero-order chi connectivity index (χ0) is 18.0. The van der Waals surface area contributed by atoms with Crippen molar-refractivity contribution in [3.8, 4) is 0 Å². The van der Waals surface area contributed by atoms with E-state index >= 15 is 0 Å². The van der Waals surface area contributed by atoms with Crippen molar-refractivity contribution >= 4 is 17.7 Å². The fourth-order valence-electron chi connectivity index (χ4n) is 2.87. The van der Waals surface area contributed by atoms with E-state index in [-0.39, 0.29) is 18.9 Å². The van der Waals surface area contributed by atoms with Crippen LogP contribution < -0.4 is 5.32 Å². The molecule has 0 spiro atoms. The van der Waals surface area contributed by atoms with E-state index in [0.29, 0.717) is 0 Å². The topological polar surface area (TPSA) is 149 Å². The third-order valence-corrected chi connectivity index (χ3v) is 5.75. The number of hydrogen-bond donors (Lipinski definition) is 6. The highest BCUT2D eigenvalue weighted by atomic mass is 32.2. The highest BCUT2D eigenvalue weighted by molar-refractivity contribution is 8.00. The predicted molar refractivity (Wildman–Crippen MR) is 83.9 cm³/mol. The van der Waals surface area contributed by atoms with Crippen molar-refractivity contribution in [2.24, 2.45) is 0 Å². The summed E-state index contributed by atoms with van der Waals surface area (Å²) in [5.41, 5.74) is -0.839. The van der Waals surface area contributed by atoms with Gasteiger partial charge in [0.1, 0.15) is 23.7 Å². The van der Waals surface area contributed by atoms with Gasteiger partial charge in [-0.1, -0.05) is 0 Å². The van der Waals surface area contributed by atoms with Crippen LogP contribution in [0.4, 0.5) is 0 Å². The normalized spacial score (nSPS) is 46.5. The van der Waals surface area contributed by atoms with Crippen LogP contribution in [0.2, 0.25) is 0 Å². The molecule has 0 aromatic rings. The Balaban J connectivity index is 2.06. The number of rotatable bonds is 4. The van der Waals surface area contributed by atoms with Gasteiger partial charge in [0.05, 0.1) is 24.9 Å². The number of amides is 1. The number of aliphatic hydroxyl groups is 5. The summed E-state index contributed by atoms with van der Waals surface area (Å²) in [6.07, 6.45) is -6.20. The van der Waals surface area contributed by atoms with E-state index < -0.39 is 53.5 Å². The summed E-state index contributed by atoms with van der Waals surface area (Å²) in [5, 5.41) is 51.2. The van der Waals surface area contributed by atoms with E-state index in [0.717, 1.165) is 11.8 Å². The van der Waals surface area contributed by atoms with Gasteiger partial charge in [0, 0.05) is 12.2 Å². The van der Waals surface area contributed by atoms with Gasteiger partial charge in [0.2, 0.25) is 5.91 Å². The molecule has 2 saturated heterocycles. The van der Waals surface area contributed by atoms with Gasteiger partial charge in [-0.05, 0) is 13.3 Å². The molecule has 9 atom stereocenters. The molecule has 2 aliphatic rings. The van der Waals surface area contributed by atoms with Crippen LogP contribution in [-0.2, 0) is 14.3 Å². The second kappa shape index (κ2) is 8.28. The fraction of sp³-hybridized carbons (Fsp3) is 0.929. The Morgan fingerprint density at radius 3 is 2.42 bits per heavy atom. The largest absolute Gasteiger partial charge is 0.394 e. The first-order chi connectivity index (χ1) is 11.2. The minimum absolute atomic E-state index is 0.288. The van der Waals surface area contributed by atoms with Gasteiger partial charge in [-0.15, -0.1) is 11.8 Å². The molecule has 0 aromatic heterocycles. The Morgan fingerprint density at radius 1 is 1.17 bits per heavy atom. The summed E-state index contributed by atoms with van der Waals surface area (Å²) in [5.74, 6) is -0.324. The molecule has 2 aliphatic heterocycles. The summed E-state index contributed by atoms with van der Waals surface area (Å²) in [4.78, 5) is 11.2. The monoisotopic (exact) mass is 367 g/mol. The maximum atomic E-state index is 11.2. The molecule has 2 rings (SSSR count). The van der Waals surface area contributed by atoms with Gasteiger partial charge in [-0.3, -0.25) is 4.79 Å². The van der Waals surface area contributed by atoms with E-state index in [1.165, 1.54) is 6.92 Å². The first kappa shape index (κ1) is 19.9. The Labute approximate surface area is 144 Å². The molecule has 0 bridgehead atoms. The summed E-state index contributed by atoms with van der Waals surface area (Å²) >= 11 is 1.13. The zero-order valence-electron chi connectivity index (χ0n) is 13.5. The lowest BCUT2D eigenvalue weighted by molar-refractivity contribution is -0.195. The Bertz CT molecular complexity index is 441. The molecular formula is C14H25NO8S. The van der Waals surface area contributed by atoms with Crippen molar-refractivity contribution in [3.63, 3.8) is 0 Å². The summed E-state index contributed by atoms with van der Waals surface area (Å²) in [7, 11) is 0. The number of nitrogens with one attached hydrogen (secondary N) is 1. The second-order valence-corrected chi connectivity index (χ2v) is 7.49. The van der Waals surface area contributed by atoms with Crippen LogP contribution >= 0.6 is 11.8 Å². The molecule has 0 aliphatic carbocycles. The lowest BCUT2D eigenvalue weighted by atomic mass is 10.0. The minimum Gasteiger partial charge on any atom is -0.394 e. The van der Waals surface area contributed by atoms with E-state index in [1.807, 2.05) is 0 Å². The van der Waals surface area contributed by atoms with Gasteiger partial charge in [-0.2, -0.15) is 0 Å². The van der Waals surface area contributed by atoms with Gasteiger partial charge in [0.15, 0.2) is 6.29 Å². The standard InChI is InChI=1S/C14H25NO8S/c1-5-10(18)11(19)12(20)14(22-5)24-9-3-7(15-6(2)17)13(21)23-8(9)4-16/h5,7-14,16,18-21H,3-4H2,1-2H3,(H,15,17). The maximum Gasteiger partial charge on any atom is 0.217 e. The van der Waals surface area contributed by atoms with Crippen molar-refractivity contribution in [1.82, 2.24) is 5.32 Å². The SMILES string of the molecule is CC(=O)NC1CC(SC2OC(C)C(O)C(O)C2O)C(CO)OC1O. The highest BCUT2D eigenvalue weighted by Gasteiger charge is 2.46. The summed E-state index contributed by atoms with van der Waals surface area (Å²) in [6.45, 7) is 2.55. The minimum atomic E-state index is -1.35. The third-order valence-electron chi connectivity index (χ3n) is 4.25. The first-order valence-electron chi connectivity index (χ1n) is 7.81. The van der Waals surface area contributed by atoms with Crippen molar-refractivity contribution < 1.29 is 39.8 Å². The van der Waals surface area contributed by atoms with Crippen LogP contribution in [0, 0.1) is 0 Å². The van der Waals surface area contributed by atoms with Gasteiger partial charge in [-0.25, -0.2) is 0 Å². The van der Waals surface area contributed by atoms with Gasteiger partial charge >= 0.3 is 0 Å². The Kier molecular flexibility index (Phi) is 6.85. The summed E-state index contributed by atoms with van der Waals surface area (Å²) < 4.78 is 10.9. The molecule has 6 N–H and O–H groups in total. The Hall–Kier alpha value is -0.460. The van der Waals surface area contributed by atoms with Crippen molar-refractivity contribution in [2.45, 2.75) is 73.8 Å². The number of thioether (sulfide) groups is 1. The maximum absolute atomic E-state index is 11.2. The molecule has 0 aromatic carbocycles. The van der Waals surface area contributed by atoms with Crippen molar-refractivity contribution in [2.75, 3.05) is 6.61 Å². The number of carbonyl (C=O) groups excluding carboxylic acids is 1. The van der Waals surface area contributed by atoms with E-state index in [9.17, 15) is 30.3 Å². The van der Waals surface area contributed by atoms with E-state index in [4.69, 9.17) is 9.47 Å². The molecule has 140 valence electrons. The lowest BCUT2D eigenvalue weighted by Gasteiger charge is -2.43. The van der Waals surface area contributed by atoms with Crippen LogP contribution in [0.25, 0.3) is 0 Å². The second-order valence-electron chi connectivity index (χ2n) is 6.15. The molecule has 24 heavy (non-hydrogen) atoms. The van der Waals surface area contributed by atoms with Gasteiger partial charge < -0.3 is 40.3 Å². The average molecular weight is 367 g/mol. The molecule has 1 amide bonds. The quantitative estimate of drug-likeness (QED) is 0.318. The number of ether oxygens (including phenoxy) is 2. The van der Waals surface area contributed by atoms with Gasteiger partial charge in [0.25, 0.3) is 0 Å². The van der Waals surface area contributed by atoms with Crippen LogP contribution in [0.15, 0.2) is 0 Å². The Morgan fingerprint density at radius 2 is 1.83 bits per heavy atom. The van der Waals surface area contributed by atoms with E-state index in [2.05, 4.69) is 5.32 Å². The lowest BCUT2D eigenvalue weighted by Crippen LogP contribution is -2.58. The molecule has 0 saturated carbocycles. The van der Waals surface area contributed by atoms with E-state index in [1.54, 1.807) is 6.92 Å². The molecule has 2 fully saturated rings. The predicted octanol–water partition coefficient (Wildman–Crippen LogP) is -2.48. The van der Waals surface area contributed by atoms with Crippen LogP contribution in [0.5, 0.6) is 0 Å². The highest BCUT2D eigenvalue weighted by Crippen LogP contribution is 2.36. The molecule has 9 unspecified atom stereocenters. The zero-order valence-corrected chi connectivity index (χ0v) is 14.3. The van der Waals surface area contributed by atoms with Crippen molar-refractivity contribution in [1.29, 1.82) is 0 Å². The average Bonchev–Trinajstić information content (AvgIpc) is 2.52. The summed E-state index contributed by atoms with van der Waals surface area (Å²) in [6, 6.07) is -0.656. The molecule has 2 heterocycles. The van der Waals surface area contributed by atoms with Crippen LogP contribution in [0.1, 0.15) is 20.3 Å². The molecule has 10 heteroatoms. The molecular weight excluding hydrogens is 342 g/mol. The van der Waals surface area contributed by atoms with Crippen LogP contribution in [0.3, 0.4) is 0 Å². The number of aliphatic hydroxyl groups excluding tert-OH is 5. The first-order valence-corrected chi connectivity index (χ1v) is 8.75. The smallest absolute Gasteiger partial charge is 0.217 e. The molecule has 9 nitrogen and oxygen atoms in total. The number of hydrogen-bond acceptors (Lipinski definition) is 9. The number of carbonyl (C=O) groups is 1. The fourth-order valence-corrected chi connectivity index (χ4v) is 4.42. The van der Waals surface area contributed by atoms with Crippen LogP contribution in [-0.4, -0.2) is 91.6 Å².